The quantitative estimate of drug-likeness (QED) is 0.797. The number of piperazine rings is 1. The predicted molar refractivity (Wildman–Crippen MR) is 96.4 cm³/mol. The van der Waals surface area contributed by atoms with Crippen molar-refractivity contribution in [2.24, 2.45) is 0 Å². The first-order valence-corrected chi connectivity index (χ1v) is 9.02. The van der Waals surface area contributed by atoms with E-state index in [4.69, 9.17) is 0 Å². The Balaban J connectivity index is 1.60. The van der Waals surface area contributed by atoms with Crippen LogP contribution in [0.1, 0.15) is 24.5 Å². The van der Waals surface area contributed by atoms with Crippen LogP contribution in [0.15, 0.2) is 30.3 Å². The number of quaternary nitrogens is 1. The number of hydrogen-bond acceptors (Lipinski definition) is 3. The van der Waals surface area contributed by atoms with Crippen LogP contribution < -0.4 is 10.3 Å². The second kappa shape index (κ2) is 7.70. The van der Waals surface area contributed by atoms with E-state index in [0.717, 1.165) is 44.0 Å². The van der Waals surface area contributed by atoms with Gasteiger partial charge in [-0.2, -0.15) is 0 Å². The lowest BCUT2D eigenvalue weighted by atomic mass is 10.1. The van der Waals surface area contributed by atoms with Crippen molar-refractivity contribution in [3.05, 3.63) is 41.5 Å². The van der Waals surface area contributed by atoms with E-state index in [9.17, 15) is 9.59 Å². The molecule has 0 aliphatic carbocycles. The molecule has 2 heterocycles. The van der Waals surface area contributed by atoms with Crippen LogP contribution in [0.4, 0.5) is 0 Å². The fraction of sp³-hybridized carbons (Fsp3) is 0.474. The molecular formula is C19H27N4O2+. The average Bonchev–Trinajstić information content (AvgIpc) is 2.64. The standard InChI is InChI=1S/C19H26N4O2/c1-3-21-10-12-22(13-11-21)19(25)14-23-18(24)9-8-17(20-23)16-6-4-15(2)5-7-16/h4-8,20H,3,9-14H2,1-2H3/p+1. The highest BCUT2D eigenvalue weighted by Crippen LogP contribution is 2.18. The Labute approximate surface area is 149 Å². The number of hydrogen-bond donors (Lipinski definition) is 2. The average molecular weight is 343 g/mol. The molecule has 2 amide bonds. The monoisotopic (exact) mass is 343 g/mol. The number of rotatable bonds is 4. The van der Waals surface area contributed by atoms with Crippen molar-refractivity contribution >= 4 is 17.5 Å². The molecule has 0 aromatic heterocycles. The molecule has 0 saturated carbocycles. The summed E-state index contributed by atoms with van der Waals surface area (Å²) in [6.07, 6.45) is 2.20. The lowest BCUT2D eigenvalue weighted by molar-refractivity contribution is -0.902. The van der Waals surface area contributed by atoms with Crippen molar-refractivity contribution in [1.82, 2.24) is 15.3 Å². The van der Waals surface area contributed by atoms with Gasteiger partial charge < -0.3 is 9.80 Å². The zero-order valence-electron chi connectivity index (χ0n) is 15.0. The minimum Gasteiger partial charge on any atom is -0.332 e. The minimum absolute atomic E-state index is 0.0150. The van der Waals surface area contributed by atoms with E-state index in [1.165, 1.54) is 15.5 Å². The van der Waals surface area contributed by atoms with Gasteiger partial charge in [0.05, 0.1) is 38.4 Å². The van der Waals surface area contributed by atoms with Gasteiger partial charge in [0.25, 0.3) is 0 Å². The van der Waals surface area contributed by atoms with Gasteiger partial charge in [-0.3, -0.25) is 15.0 Å². The first-order chi connectivity index (χ1) is 12.1. The second-order valence-corrected chi connectivity index (χ2v) is 6.76. The maximum Gasteiger partial charge on any atom is 0.245 e. The van der Waals surface area contributed by atoms with Crippen molar-refractivity contribution in [2.75, 3.05) is 39.3 Å². The van der Waals surface area contributed by atoms with Gasteiger partial charge in [-0.25, -0.2) is 5.01 Å². The summed E-state index contributed by atoms with van der Waals surface area (Å²) >= 11 is 0. The third-order valence-electron chi connectivity index (χ3n) is 5.02. The van der Waals surface area contributed by atoms with Crippen molar-refractivity contribution < 1.29 is 14.5 Å². The van der Waals surface area contributed by atoms with Gasteiger partial charge in [-0.15, -0.1) is 0 Å². The molecule has 1 aromatic rings. The predicted octanol–water partition coefficient (Wildman–Crippen LogP) is -0.180. The maximum atomic E-state index is 12.6. The molecule has 0 bridgehead atoms. The highest BCUT2D eigenvalue weighted by molar-refractivity contribution is 5.88. The van der Waals surface area contributed by atoms with Gasteiger partial charge >= 0.3 is 0 Å². The molecule has 0 unspecified atom stereocenters. The Morgan fingerprint density at radius 2 is 1.88 bits per heavy atom. The molecule has 25 heavy (non-hydrogen) atoms. The number of aryl methyl sites for hydroxylation is 1. The molecule has 0 spiro atoms. The van der Waals surface area contributed by atoms with Crippen molar-refractivity contribution in [3.8, 4) is 0 Å². The maximum absolute atomic E-state index is 12.6. The van der Waals surface area contributed by atoms with Crippen LogP contribution >= 0.6 is 0 Å². The topological polar surface area (TPSA) is 57.1 Å². The summed E-state index contributed by atoms with van der Waals surface area (Å²) < 4.78 is 0. The first-order valence-electron chi connectivity index (χ1n) is 9.02. The molecule has 6 nitrogen and oxygen atoms in total. The van der Waals surface area contributed by atoms with Crippen LogP contribution in [0.3, 0.4) is 0 Å². The third kappa shape index (κ3) is 4.20. The van der Waals surface area contributed by atoms with E-state index in [1.54, 1.807) is 0 Å². The van der Waals surface area contributed by atoms with Gasteiger partial charge in [0, 0.05) is 6.42 Å². The molecular weight excluding hydrogens is 316 g/mol. The lowest BCUT2D eigenvalue weighted by Crippen LogP contribution is -3.14. The van der Waals surface area contributed by atoms with Crippen LogP contribution in [0.2, 0.25) is 0 Å². The zero-order chi connectivity index (χ0) is 17.8. The van der Waals surface area contributed by atoms with E-state index in [0.29, 0.717) is 6.42 Å². The number of benzene rings is 1. The molecule has 0 radical (unpaired) electrons. The van der Waals surface area contributed by atoms with Gasteiger partial charge in [0.2, 0.25) is 11.8 Å². The van der Waals surface area contributed by atoms with E-state index in [-0.39, 0.29) is 18.4 Å². The van der Waals surface area contributed by atoms with Crippen LogP contribution in [0.25, 0.3) is 5.70 Å². The van der Waals surface area contributed by atoms with Crippen LogP contribution in [0.5, 0.6) is 0 Å². The summed E-state index contributed by atoms with van der Waals surface area (Å²) in [6, 6.07) is 8.13. The van der Waals surface area contributed by atoms with Crippen LogP contribution in [-0.2, 0) is 9.59 Å². The Morgan fingerprint density at radius 3 is 2.52 bits per heavy atom. The molecule has 1 saturated heterocycles. The fourth-order valence-electron chi connectivity index (χ4n) is 3.26. The van der Waals surface area contributed by atoms with Crippen molar-refractivity contribution in [1.29, 1.82) is 0 Å². The highest BCUT2D eigenvalue weighted by atomic mass is 16.2. The highest BCUT2D eigenvalue weighted by Gasteiger charge is 2.27. The van der Waals surface area contributed by atoms with Crippen molar-refractivity contribution in [3.63, 3.8) is 0 Å². The summed E-state index contributed by atoms with van der Waals surface area (Å²) in [5.41, 5.74) is 6.22. The van der Waals surface area contributed by atoms with Crippen LogP contribution in [-0.4, -0.2) is 61.0 Å². The fourth-order valence-corrected chi connectivity index (χ4v) is 3.26. The Hall–Kier alpha value is -2.34. The number of nitrogens with zero attached hydrogens (tertiary/aromatic N) is 2. The number of likely N-dealkylation sites (N-methyl/N-ethyl adjacent to an activating group) is 1. The second-order valence-electron chi connectivity index (χ2n) is 6.76. The molecule has 0 atom stereocenters. The number of carbonyl (C=O) groups excluding carboxylic acids is 2. The summed E-state index contributed by atoms with van der Waals surface area (Å²) in [4.78, 5) is 28.1. The van der Waals surface area contributed by atoms with Gasteiger partial charge in [-0.05, 0) is 25.5 Å². The molecule has 2 N–H and O–H groups in total. The largest absolute Gasteiger partial charge is 0.332 e. The van der Waals surface area contributed by atoms with E-state index in [1.807, 2.05) is 42.2 Å². The molecule has 2 aliphatic rings. The Kier molecular flexibility index (Phi) is 5.38. The van der Waals surface area contributed by atoms with Gasteiger partial charge in [0.15, 0.2) is 0 Å². The number of amides is 2. The molecule has 1 aromatic carbocycles. The summed E-state index contributed by atoms with van der Waals surface area (Å²) in [6.45, 7) is 8.90. The first kappa shape index (κ1) is 17.5. The van der Waals surface area contributed by atoms with Crippen molar-refractivity contribution in [2.45, 2.75) is 20.3 Å². The SMILES string of the molecule is CC[NH+]1CCN(C(=O)CN2NC(c3ccc(C)cc3)=CCC2=O)CC1. The number of hydrazine groups is 1. The molecule has 2 aliphatic heterocycles. The Morgan fingerprint density at radius 1 is 1.20 bits per heavy atom. The summed E-state index contributed by atoms with van der Waals surface area (Å²) in [5.74, 6) is -0.0526. The van der Waals surface area contributed by atoms with Crippen LogP contribution in [0, 0.1) is 6.92 Å². The zero-order valence-corrected chi connectivity index (χ0v) is 15.0. The molecule has 6 heteroatoms. The smallest absolute Gasteiger partial charge is 0.245 e. The van der Waals surface area contributed by atoms with Gasteiger partial charge in [0.1, 0.15) is 6.54 Å². The third-order valence-corrected chi connectivity index (χ3v) is 5.02. The number of carbonyl (C=O) groups is 2. The van der Waals surface area contributed by atoms with E-state index in [2.05, 4.69) is 12.3 Å². The normalized spacial score (nSPS) is 18.8. The number of nitrogens with one attached hydrogen (secondary N) is 2. The minimum atomic E-state index is -0.0676. The van der Waals surface area contributed by atoms with Gasteiger partial charge in [-0.1, -0.05) is 29.8 Å². The summed E-state index contributed by atoms with van der Waals surface area (Å²) in [5, 5.41) is 1.45. The Bertz CT molecular complexity index is 661. The van der Waals surface area contributed by atoms with E-state index >= 15 is 0 Å². The van der Waals surface area contributed by atoms with E-state index < -0.39 is 0 Å². The lowest BCUT2D eigenvalue weighted by Gasteiger charge is -2.34. The molecule has 3 rings (SSSR count). The molecule has 134 valence electrons. The summed E-state index contributed by atoms with van der Waals surface area (Å²) in [7, 11) is 0. The molecule has 1 fully saturated rings.